The molecule has 0 aliphatic carbocycles. The van der Waals surface area contributed by atoms with E-state index in [1.165, 1.54) is 19.1 Å². The molecular weight excluding hydrogens is 460 g/mol. The van der Waals surface area contributed by atoms with Crippen LogP contribution in [-0.4, -0.2) is 31.2 Å². The number of halogens is 6. The Morgan fingerprint density at radius 1 is 1.09 bits per heavy atom. The molecule has 0 aliphatic rings. The van der Waals surface area contributed by atoms with Crippen LogP contribution in [-0.2, 0) is 6.18 Å². The molecule has 1 atom stereocenters. The fourth-order valence-electron chi connectivity index (χ4n) is 3.01. The first kappa shape index (κ1) is 26.7. The minimum atomic E-state index is -4.82. The molecule has 182 valence electrons. The number of benzene rings is 1. The second-order valence-corrected chi connectivity index (χ2v) is 7.44. The van der Waals surface area contributed by atoms with Crippen LogP contribution < -0.4 is 10.2 Å². The maximum absolute atomic E-state index is 13.6. The lowest BCUT2D eigenvalue weighted by Crippen LogP contribution is -2.32. The first-order chi connectivity index (χ1) is 15.8. The maximum Gasteiger partial charge on any atom is 0.418 e. The van der Waals surface area contributed by atoms with E-state index in [0.29, 0.717) is 11.8 Å². The molecule has 1 amide bonds. The van der Waals surface area contributed by atoms with Crippen LogP contribution in [0.2, 0.25) is 0 Å². The van der Waals surface area contributed by atoms with Crippen molar-refractivity contribution in [1.82, 2.24) is 10.3 Å². The Morgan fingerprint density at radius 2 is 1.76 bits per heavy atom. The number of anilines is 1. The summed E-state index contributed by atoms with van der Waals surface area (Å²) in [5.41, 5.74) is -2.16. The molecule has 0 radical (unpaired) electrons. The normalized spacial score (nSPS) is 13.6. The van der Waals surface area contributed by atoms with Gasteiger partial charge in [0, 0.05) is 31.5 Å². The fourth-order valence-corrected chi connectivity index (χ4v) is 3.01. The third-order valence-corrected chi connectivity index (χ3v) is 4.80. The third-order valence-electron chi connectivity index (χ3n) is 4.80. The van der Waals surface area contributed by atoms with Gasteiger partial charge in [-0.05, 0) is 42.8 Å². The minimum Gasteiger partial charge on any atom is -0.378 e. The topological polar surface area (TPSA) is 45.2 Å². The molecule has 0 fully saturated rings. The van der Waals surface area contributed by atoms with Crippen molar-refractivity contribution in [2.45, 2.75) is 25.3 Å². The van der Waals surface area contributed by atoms with Crippen LogP contribution >= 0.6 is 0 Å². The lowest BCUT2D eigenvalue weighted by atomic mass is 9.98. The number of allylic oxidation sites excluding steroid dienone is 3. The Morgan fingerprint density at radius 3 is 2.32 bits per heavy atom. The van der Waals surface area contributed by atoms with Gasteiger partial charge in [-0.15, -0.1) is 0 Å². The van der Waals surface area contributed by atoms with E-state index in [9.17, 15) is 31.1 Å². The van der Waals surface area contributed by atoms with Crippen LogP contribution in [0.3, 0.4) is 0 Å². The number of pyridine rings is 1. The van der Waals surface area contributed by atoms with Gasteiger partial charge in [-0.2, -0.15) is 26.3 Å². The van der Waals surface area contributed by atoms with Crippen LogP contribution in [0.5, 0.6) is 0 Å². The van der Waals surface area contributed by atoms with E-state index in [1.807, 2.05) is 0 Å². The average molecular weight is 483 g/mol. The van der Waals surface area contributed by atoms with Gasteiger partial charge < -0.3 is 10.2 Å². The quantitative estimate of drug-likeness (QED) is 0.374. The van der Waals surface area contributed by atoms with Gasteiger partial charge >= 0.3 is 12.4 Å². The summed E-state index contributed by atoms with van der Waals surface area (Å²) in [6.07, 6.45) is -5.98. The van der Waals surface area contributed by atoms with E-state index < -0.39 is 41.1 Å². The Kier molecular flexibility index (Phi) is 8.31. The van der Waals surface area contributed by atoms with E-state index in [2.05, 4.69) is 16.9 Å². The zero-order valence-corrected chi connectivity index (χ0v) is 18.6. The number of hydrogen-bond donors (Lipinski definition) is 1. The number of carbonyl (C=O) groups excluding carboxylic acids is 1. The molecule has 0 bridgehead atoms. The summed E-state index contributed by atoms with van der Waals surface area (Å²) in [6, 6.07) is 6.61. The fraction of sp³-hybridized carbons (Fsp3) is 0.250. The third kappa shape index (κ3) is 6.72. The Labute approximate surface area is 193 Å². The molecular formula is C24H23F6N3O. The Hall–Kier alpha value is -3.56. The molecule has 1 aromatic heterocycles. The number of nitrogens with one attached hydrogen (secondary N) is 1. The molecule has 2 aromatic rings. The van der Waals surface area contributed by atoms with Gasteiger partial charge in [0.25, 0.3) is 5.91 Å². The smallest absolute Gasteiger partial charge is 0.378 e. The van der Waals surface area contributed by atoms with Crippen molar-refractivity contribution in [2.75, 3.05) is 19.0 Å². The molecule has 0 spiro atoms. The van der Waals surface area contributed by atoms with Gasteiger partial charge in [0.05, 0.1) is 22.9 Å². The number of aromatic nitrogens is 1. The highest BCUT2D eigenvalue weighted by Gasteiger charge is 2.37. The highest BCUT2D eigenvalue weighted by Crippen LogP contribution is 2.36. The first-order valence-corrected chi connectivity index (χ1v) is 9.96. The van der Waals surface area contributed by atoms with E-state index in [-0.39, 0.29) is 11.1 Å². The van der Waals surface area contributed by atoms with Crippen molar-refractivity contribution in [2.24, 2.45) is 0 Å². The number of hydrogen-bond acceptors (Lipinski definition) is 3. The number of rotatable bonds is 7. The summed E-state index contributed by atoms with van der Waals surface area (Å²) in [7, 11) is 3.49. The van der Waals surface area contributed by atoms with Crippen molar-refractivity contribution in [3.8, 4) is 0 Å². The summed E-state index contributed by atoms with van der Waals surface area (Å²) in [5, 5.41) is 2.44. The summed E-state index contributed by atoms with van der Waals surface area (Å²) in [4.78, 5) is 18.4. The number of carbonyl (C=O) groups is 1. The molecule has 0 saturated carbocycles. The van der Waals surface area contributed by atoms with Gasteiger partial charge in [0.2, 0.25) is 0 Å². The summed E-state index contributed by atoms with van der Waals surface area (Å²) in [6.45, 7) is 4.80. The van der Waals surface area contributed by atoms with Gasteiger partial charge in [0.15, 0.2) is 0 Å². The van der Waals surface area contributed by atoms with Crippen LogP contribution in [0.15, 0.2) is 78.5 Å². The first-order valence-electron chi connectivity index (χ1n) is 9.96. The molecule has 0 aliphatic heterocycles. The summed E-state index contributed by atoms with van der Waals surface area (Å²) in [5.74, 6) is -0.746. The maximum atomic E-state index is 13.6. The summed E-state index contributed by atoms with van der Waals surface area (Å²) >= 11 is 0. The lowest BCUT2D eigenvalue weighted by Gasteiger charge is -2.23. The zero-order chi connectivity index (χ0) is 25.7. The molecule has 0 saturated heterocycles. The molecule has 0 unspecified atom stereocenters. The van der Waals surface area contributed by atoms with Gasteiger partial charge in [-0.25, -0.2) is 0 Å². The molecule has 4 nitrogen and oxygen atoms in total. The van der Waals surface area contributed by atoms with Crippen molar-refractivity contribution >= 4 is 11.6 Å². The van der Waals surface area contributed by atoms with E-state index in [0.717, 1.165) is 30.5 Å². The van der Waals surface area contributed by atoms with Crippen LogP contribution in [0.4, 0.5) is 32.0 Å². The van der Waals surface area contributed by atoms with Crippen molar-refractivity contribution in [1.29, 1.82) is 0 Å². The van der Waals surface area contributed by atoms with Gasteiger partial charge in [-0.1, -0.05) is 30.9 Å². The van der Waals surface area contributed by atoms with Crippen molar-refractivity contribution < 1.29 is 31.1 Å². The summed E-state index contributed by atoms with van der Waals surface area (Å²) < 4.78 is 80.1. The van der Waals surface area contributed by atoms with Gasteiger partial charge in [0.1, 0.15) is 0 Å². The average Bonchev–Trinajstić information content (AvgIpc) is 2.76. The second kappa shape index (κ2) is 10.6. The Bertz CT molecular complexity index is 1100. The number of alkyl halides is 6. The lowest BCUT2D eigenvalue weighted by molar-refractivity contribution is -0.138. The van der Waals surface area contributed by atoms with Crippen molar-refractivity contribution in [3.63, 3.8) is 0 Å². The van der Waals surface area contributed by atoms with Crippen LogP contribution in [0.1, 0.15) is 34.6 Å². The monoisotopic (exact) mass is 483 g/mol. The molecule has 1 N–H and O–H groups in total. The SMILES string of the molecule is C=C(/C=C\C(=C/C)C(F)(F)F)[C@H](NC(=O)c1cccc(N(C)C)c1)c1ncccc1C(F)(F)F. The van der Waals surface area contributed by atoms with E-state index in [4.69, 9.17) is 0 Å². The van der Waals surface area contributed by atoms with Crippen LogP contribution in [0.25, 0.3) is 0 Å². The second-order valence-electron chi connectivity index (χ2n) is 7.44. The highest BCUT2D eigenvalue weighted by molar-refractivity contribution is 5.95. The zero-order valence-electron chi connectivity index (χ0n) is 18.6. The predicted octanol–water partition coefficient (Wildman–Crippen LogP) is 6.26. The minimum absolute atomic E-state index is 0.141. The molecule has 10 heteroatoms. The Balaban J connectivity index is 2.52. The number of nitrogens with zero attached hydrogens (tertiary/aromatic N) is 2. The number of amides is 1. The molecule has 1 heterocycles. The van der Waals surface area contributed by atoms with Crippen molar-refractivity contribution in [3.05, 3.63) is 95.4 Å². The van der Waals surface area contributed by atoms with E-state index >= 15 is 0 Å². The van der Waals surface area contributed by atoms with Gasteiger partial charge in [-0.3, -0.25) is 9.78 Å². The molecule has 1 aromatic carbocycles. The van der Waals surface area contributed by atoms with E-state index in [1.54, 1.807) is 31.1 Å². The standard InChI is InChI=1S/C24H23F6N3O/c1-5-17(23(25,26)27)12-11-15(2)20(21-19(24(28,29)30)10-7-13-31-21)32-22(34)16-8-6-9-18(14-16)33(3)4/h5-14,20H,2H2,1,3-4H3,(H,32,34)/b12-11-,17-5+/t20-/m0/s1. The molecule has 2 rings (SSSR count). The van der Waals surface area contributed by atoms with Crippen LogP contribution in [0, 0.1) is 0 Å². The highest BCUT2D eigenvalue weighted by atomic mass is 19.4. The largest absolute Gasteiger partial charge is 0.418 e. The predicted molar refractivity (Wildman–Crippen MR) is 118 cm³/mol. The molecule has 34 heavy (non-hydrogen) atoms.